The van der Waals surface area contributed by atoms with Crippen LogP contribution in [0.15, 0.2) is 30.6 Å². The highest BCUT2D eigenvalue weighted by Crippen LogP contribution is 2.09. The van der Waals surface area contributed by atoms with Gasteiger partial charge in [0.05, 0.1) is 6.54 Å². The van der Waals surface area contributed by atoms with Crippen molar-refractivity contribution in [1.29, 1.82) is 0 Å². The van der Waals surface area contributed by atoms with E-state index in [1.807, 2.05) is 24.3 Å². The molecule has 15 heavy (non-hydrogen) atoms. The van der Waals surface area contributed by atoms with E-state index in [9.17, 15) is 0 Å². The van der Waals surface area contributed by atoms with Gasteiger partial charge in [-0.15, -0.1) is 0 Å². The van der Waals surface area contributed by atoms with Crippen molar-refractivity contribution >= 4 is 5.69 Å². The zero-order valence-corrected chi connectivity index (χ0v) is 8.27. The summed E-state index contributed by atoms with van der Waals surface area (Å²) in [4.78, 5) is 4.01. The van der Waals surface area contributed by atoms with E-state index in [0.717, 1.165) is 23.6 Å². The molecule has 5 heteroatoms. The molecular formula is C10H13N5. The number of aromatic nitrogens is 3. The number of nitrogens with two attached hydrogens (primary N) is 1. The summed E-state index contributed by atoms with van der Waals surface area (Å²) in [5.74, 6) is 0.824. The summed E-state index contributed by atoms with van der Waals surface area (Å²) in [6, 6.07) is 7.80. The summed E-state index contributed by atoms with van der Waals surface area (Å²) < 4.78 is 0. The summed E-state index contributed by atoms with van der Waals surface area (Å²) in [6.45, 7) is 1.39. The number of rotatable bonds is 4. The largest absolute Gasteiger partial charge is 0.398 e. The van der Waals surface area contributed by atoms with Crippen LogP contribution in [0.1, 0.15) is 11.4 Å². The fourth-order valence-corrected chi connectivity index (χ4v) is 1.33. The third-order valence-corrected chi connectivity index (χ3v) is 2.13. The molecule has 0 amide bonds. The Kier molecular flexibility index (Phi) is 2.94. The normalized spacial score (nSPS) is 10.4. The molecule has 0 aliphatic heterocycles. The van der Waals surface area contributed by atoms with Crippen LogP contribution in [0.3, 0.4) is 0 Å². The van der Waals surface area contributed by atoms with Gasteiger partial charge in [-0.25, -0.2) is 4.98 Å². The molecule has 1 aromatic heterocycles. The summed E-state index contributed by atoms with van der Waals surface area (Å²) in [7, 11) is 0. The van der Waals surface area contributed by atoms with E-state index in [0.29, 0.717) is 6.54 Å². The maximum absolute atomic E-state index is 5.80. The van der Waals surface area contributed by atoms with Gasteiger partial charge in [-0.1, -0.05) is 18.2 Å². The Morgan fingerprint density at radius 2 is 2.13 bits per heavy atom. The number of nitrogens with one attached hydrogen (secondary N) is 2. The van der Waals surface area contributed by atoms with Gasteiger partial charge in [-0.05, 0) is 11.6 Å². The van der Waals surface area contributed by atoms with Gasteiger partial charge in [-0.2, -0.15) is 5.10 Å². The first-order valence-corrected chi connectivity index (χ1v) is 4.74. The molecule has 5 nitrogen and oxygen atoms in total. The molecule has 0 spiro atoms. The SMILES string of the molecule is Nc1ccccc1CNCc1ncn[nH]1. The molecule has 0 atom stereocenters. The summed E-state index contributed by atoms with van der Waals surface area (Å²) in [5, 5.41) is 9.78. The van der Waals surface area contributed by atoms with Crippen LogP contribution < -0.4 is 11.1 Å². The third kappa shape index (κ3) is 2.54. The molecule has 0 saturated heterocycles. The number of hydrogen-bond acceptors (Lipinski definition) is 4. The number of para-hydroxylation sites is 1. The molecule has 1 aromatic carbocycles. The minimum atomic E-state index is 0.661. The van der Waals surface area contributed by atoms with Gasteiger partial charge >= 0.3 is 0 Å². The van der Waals surface area contributed by atoms with Crippen LogP contribution in [0.25, 0.3) is 0 Å². The lowest BCUT2D eigenvalue weighted by molar-refractivity contribution is 0.666. The zero-order chi connectivity index (χ0) is 10.5. The number of nitrogen functional groups attached to an aromatic ring is 1. The predicted octanol–water partition coefficient (Wildman–Crippen LogP) is 0.677. The molecule has 0 fully saturated rings. The van der Waals surface area contributed by atoms with Gasteiger partial charge in [-0.3, -0.25) is 5.10 Å². The van der Waals surface area contributed by atoms with Gasteiger partial charge in [0, 0.05) is 12.2 Å². The maximum Gasteiger partial charge on any atom is 0.138 e. The topological polar surface area (TPSA) is 79.6 Å². The lowest BCUT2D eigenvalue weighted by atomic mass is 10.2. The molecule has 78 valence electrons. The van der Waals surface area contributed by atoms with Crippen molar-refractivity contribution in [2.24, 2.45) is 0 Å². The van der Waals surface area contributed by atoms with Crippen LogP contribution in [0.4, 0.5) is 5.69 Å². The fourth-order valence-electron chi connectivity index (χ4n) is 1.33. The van der Waals surface area contributed by atoms with Crippen LogP contribution in [0.5, 0.6) is 0 Å². The Labute approximate surface area is 87.7 Å². The summed E-state index contributed by atoms with van der Waals surface area (Å²) in [5.41, 5.74) is 7.71. The van der Waals surface area contributed by atoms with Crippen molar-refractivity contribution in [3.8, 4) is 0 Å². The number of hydrogen-bond donors (Lipinski definition) is 3. The number of benzene rings is 1. The molecule has 4 N–H and O–H groups in total. The van der Waals surface area contributed by atoms with E-state index < -0.39 is 0 Å². The van der Waals surface area contributed by atoms with E-state index in [1.54, 1.807) is 0 Å². The zero-order valence-electron chi connectivity index (χ0n) is 8.27. The van der Waals surface area contributed by atoms with Gasteiger partial charge in [0.25, 0.3) is 0 Å². The van der Waals surface area contributed by atoms with E-state index in [-0.39, 0.29) is 0 Å². The monoisotopic (exact) mass is 203 g/mol. The highest BCUT2D eigenvalue weighted by Gasteiger charge is 1.98. The minimum Gasteiger partial charge on any atom is -0.398 e. The van der Waals surface area contributed by atoms with Gasteiger partial charge in [0.1, 0.15) is 12.2 Å². The second-order valence-electron chi connectivity index (χ2n) is 3.23. The number of nitrogens with zero attached hydrogens (tertiary/aromatic N) is 2. The molecule has 1 heterocycles. The molecule has 0 aliphatic rings. The second kappa shape index (κ2) is 4.56. The Hall–Kier alpha value is -1.88. The smallest absolute Gasteiger partial charge is 0.138 e. The van der Waals surface area contributed by atoms with E-state index in [4.69, 9.17) is 5.73 Å². The van der Waals surface area contributed by atoms with Crippen molar-refractivity contribution in [2.45, 2.75) is 13.1 Å². The third-order valence-electron chi connectivity index (χ3n) is 2.13. The Morgan fingerprint density at radius 1 is 1.27 bits per heavy atom. The number of H-pyrrole nitrogens is 1. The highest BCUT2D eigenvalue weighted by atomic mass is 15.2. The van der Waals surface area contributed by atoms with Crippen LogP contribution in [0, 0.1) is 0 Å². The summed E-state index contributed by atoms with van der Waals surface area (Å²) in [6.07, 6.45) is 1.49. The van der Waals surface area contributed by atoms with E-state index in [2.05, 4.69) is 20.5 Å². The number of anilines is 1. The van der Waals surface area contributed by atoms with Crippen molar-refractivity contribution in [3.63, 3.8) is 0 Å². The van der Waals surface area contributed by atoms with Gasteiger partial charge in [0.2, 0.25) is 0 Å². The first-order valence-electron chi connectivity index (χ1n) is 4.74. The molecular weight excluding hydrogens is 190 g/mol. The molecule has 0 saturated carbocycles. The predicted molar refractivity (Wildman–Crippen MR) is 57.8 cm³/mol. The van der Waals surface area contributed by atoms with Gasteiger partial charge < -0.3 is 11.1 Å². The van der Waals surface area contributed by atoms with Crippen LogP contribution in [0.2, 0.25) is 0 Å². The second-order valence-corrected chi connectivity index (χ2v) is 3.23. The molecule has 0 unspecified atom stereocenters. The Balaban J connectivity index is 1.86. The first kappa shape index (κ1) is 9.67. The van der Waals surface area contributed by atoms with Crippen molar-refractivity contribution in [1.82, 2.24) is 20.5 Å². The minimum absolute atomic E-state index is 0.661. The quantitative estimate of drug-likeness (QED) is 0.638. The first-order chi connectivity index (χ1) is 7.36. The van der Waals surface area contributed by atoms with Crippen molar-refractivity contribution in [3.05, 3.63) is 42.0 Å². The average molecular weight is 203 g/mol. The van der Waals surface area contributed by atoms with Gasteiger partial charge in [0.15, 0.2) is 0 Å². The molecule has 0 radical (unpaired) electrons. The summed E-state index contributed by atoms with van der Waals surface area (Å²) >= 11 is 0. The highest BCUT2D eigenvalue weighted by molar-refractivity contribution is 5.46. The molecule has 2 aromatic rings. The van der Waals surface area contributed by atoms with Crippen LogP contribution in [-0.4, -0.2) is 15.2 Å². The Bertz CT molecular complexity index is 410. The maximum atomic E-state index is 5.80. The lowest BCUT2D eigenvalue weighted by Gasteiger charge is -2.05. The Morgan fingerprint density at radius 3 is 2.87 bits per heavy atom. The van der Waals surface area contributed by atoms with Crippen LogP contribution in [-0.2, 0) is 13.1 Å². The molecule has 0 aliphatic carbocycles. The van der Waals surface area contributed by atoms with Crippen molar-refractivity contribution in [2.75, 3.05) is 5.73 Å². The lowest BCUT2D eigenvalue weighted by Crippen LogP contribution is -2.14. The van der Waals surface area contributed by atoms with E-state index in [1.165, 1.54) is 6.33 Å². The van der Waals surface area contributed by atoms with Crippen molar-refractivity contribution < 1.29 is 0 Å². The molecule has 0 bridgehead atoms. The van der Waals surface area contributed by atoms with Crippen LogP contribution >= 0.6 is 0 Å². The molecule has 2 rings (SSSR count). The number of aromatic amines is 1. The van der Waals surface area contributed by atoms with E-state index >= 15 is 0 Å². The standard InChI is InChI=1S/C10H13N5/c11-9-4-2-1-3-8(9)5-12-6-10-13-7-14-15-10/h1-4,7,12H,5-6,11H2,(H,13,14,15). The fraction of sp³-hybridized carbons (Fsp3) is 0.200. The average Bonchev–Trinajstić information content (AvgIpc) is 2.74.